The van der Waals surface area contributed by atoms with Gasteiger partial charge in [-0.15, -0.1) is 0 Å². The van der Waals surface area contributed by atoms with E-state index in [9.17, 15) is 9.90 Å². The summed E-state index contributed by atoms with van der Waals surface area (Å²) in [5.41, 5.74) is -1.26. The molecule has 1 heterocycles. The fraction of sp³-hybridized carbons (Fsp3) is 0.917. The van der Waals surface area contributed by atoms with Crippen molar-refractivity contribution >= 4 is 5.97 Å². The Morgan fingerprint density at radius 1 is 1.20 bits per heavy atom. The van der Waals surface area contributed by atoms with Crippen LogP contribution in [0.1, 0.15) is 44.9 Å². The van der Waals surface area contributed by atoms with Crippen LogP contribution in [0.15, 0.2) is 0 Å². The molecule has 84 valence electrons. The summed E-state index contributed by atoms with van der Waals surface area (Å²) in [7, 11) is 0. The molecule has 2 saturated carbocycles. The summed E-state index contributed by atoms with van der Waals surface area (Å²) in [6, 6.07) is 0. The maximum Gasteiger partial charge on any atom is 0.315 e. The number of hydrogen-bond donors (Lipinski definition) is 1. The fourth-order valence-corrected chi connectivity index (χ4v) is 4.18. The van der Waals surface area contributed by atoms with Gasteiger partial charge in [0.1, 0.15) is 0 Å². The molecule has 0 aromatic heterocycles. The van der Waals surface area contributed by atoms with Crippen LogP contribution < -0.4 is 0 Å². The van der Waals surface area contributed by atoms with Crippen LogP contribution in [0.4, 0.5) is 0 Å². The van der Waals surface area contributed by atoms with Crippen molar-refractivity contribution < 1.29 is 14.6 Å². The maximum atomic E-state index is 12.1. The lowest BCUT2D eigenvalue weighted by atomic mass is 9.70. The molecule has 0 aromatic rings. The average Bonchev–Trinajstić information content (AvgIpc) is 2.61. The minimum absolute atomic E-state index is 0.109. The second kappa shape index (κ2) is 2.97. The largest absolute Gasteiger partial charge is 0.465 e. The van der Waals surface area contributed by atoms with Crippen molar-refractivity contribution in [1.82, 2.24) is 0 Å². The summed E-state index contributed by atoms with van der Waals surface area (Å²) in [4.78, 5) is 12.1. The monoisotopic (exact) mass is 210 g/mol. The first kappa shape index (κ1) is 9.64. The number of ether oxygens (including phenoxy) is 1. The SMILES string of the molecule is O=C1OCCCC2CCC3(O)CCCC123. The van der Waals surface area contributed by atoms with Gasteiger partial charge >= 0.3 is 5.97 Å². The zero-order valence-electron chi connectivity index (χ0n) is 9.00. The van der Waals surface area contributed by atoms with E-state index >= 15 is 0 Å². The van der Waals surface area contributed by atoms with E-state index in [1.165, 1.54) is 0 Å². The lowest BCUT2D eigenvalue weighted by Crippen LogP contribution is -2.48. The van der Waals surface area contributed by atoms with Crippen molar-refractivity contribution in [2.24, 2.45) is 11.3 Å². The molecule has 1 saturated heterocycles. The third kappa shape index (κ3) is 1.02. The predicted molar refractivity (Wildman–Crippen MR) is 54.2 cm³/mol. The molecule has 1 N–H and O–H groups in total. The quantitative estimate of drug-likeness (QED) is 0.618. The highest BCUT2D eigenvalue weighted by Crippen LogP contribution is 2.62. The van der Waals surface area contributed by atoms with E-state index in [0.29, 0.717) is 12.5 Å². The lowest BCUT2D eigenvalue weighted by Gasteiger charge is -2.36. The van der Waals surface area contributed by atoms with Crippen LogP contribution in [0.3, 0.4) is 0 Å². The molecule has 1 spiro atoms. The average molecular weight is 210 g/mol. The molecule has 0 radical (unpaired) electrons. The smallest absolute Gasteiger partial charge is 0.315 e. The number of carbonyl (C=O) groups excluding carboxylic acids is 1. The predicted octanol–water partition coefficient (Wildman–Crippen LogP) is 1.63. The Labute approximate surface area is 89.8 Å². The van der Waals surface area contributed by atoms with E-state index in [0.717, 1.165) is 44.9 Å². The van der Waals surface area contributed by atoms with Crippen LogP contribution in [0.2, 0.25) is 0 Å². The number of esters is 1. The van der Waals surface area contributed by atoms with E-state index in [4.69, 9.17) is 4.74 Å². The summed E-state index contributed by atoms with van der Waals surface area (Å²) in [5.74, 6) is 0.266. The summed E-state index contributed by atoms with van der Waals surface area (Å²) < 4.78 is 5.29. The van der Waals surface area contributed by atoms with Crippen molar-refractivity contribution in [2.75, 3.05) is 6.61 Å². The minimum Gasteiger partial charge on any atom is -0.465 e. The number of carbonyl (C=O) groups is 1. The van der Waals surface area contributed by atoms with E-state index in [2.05, 4.69) is 0 Å². The van der Waals surface area contributed by atoms with Gasteiger partial charge in [-0.3, -0.25) is 4.79 Å². The van der Waals surface area contributed by atoms with Crippen molar-refractivity contribution in [1.29, 1.82) is 0 Å². The van der Waals surface area contributed by atoms with Crippen LogP contribution in [0.5, 0.6) is 0 Å². The molecular formula is C12H18O3. The Morgan fingerprint density at radius 3 is 2.93 bits per heavy atom. The number of aliphatic hydroxyl groups is 1. The second-order valence-corrected chi connectivity index (χ2v) is 5.37. The van der Waals surface area contributed by atoms with Gasteiger partial charge in [-0.25, -0.2) is 0 Å². The molecule has 15 heavy (non-hydrogen) atoms. The molecule has 0 amide bonds. The highest BCUT2D eigenvalue weighted by Gasteiger charge is 2.67. The van der Waals surface area contributed by atoms with Crippen molar-refractivity contribution in [3.63, 3.8) is 0 Å². The van der Waals surface area contributed by atoms with Gasteiger partial charge in [0.25, 0.3) is 0 Å². The van der Waals surface area contributed by atoms with Crippen LogP contribution in [0.25, 0.3) is 0 Å². The Kier molecular flexibility index (Phi) is 1.91. The van der Waals surface area contributed by atoms with E-state index in [1.807, 2.05) is 0 Å². The van der Waals surface area contributed by atoms with Crippen molar-refractivity contribution in [3.05, 3.63) is 0 Å². The highest BCUT2D eigenvalue weighted by molar-refractivity contribution is 5.80. The first-order valence-corrected chi connectivity index (χ1v) is 6.09. The highest BCUT2D eigenvalue weighted by atomic mass is 16.5. The van der Waals surface area contributed by atoms with Crippen molar-refractivity contribution in [3.8, 4) is 0 Å². The molecule has 3 fully saturated rings. The molecule has 2 aliphatic carbocycles. The number of hydrogen-bond acceptors (Lipinski definition) is 3. The van der Waals surface area contributed by atoms with Gasteiger partial charge in [0.15, 0.2) is 0 Å². The molecule has 0 bridgehead atoms. The van der Waals surface area contributed by atoms with Gasteiger partial charge < -0.3 is 9.84 Å². The molecule has 3 nitrogen and oxygen atoms in total. The molecular weight excluding hydrogens is 192 g/mol. The molecule has 1 aliphatic heterocycles. The normalized spacial score (nSPS) is 49.4. The van der Waals surface area contributed by atoms with Gasteiger partial charge in [-0.2, -0.15) is 0 Å². The zero-order valence-corrected chi connectivity index (χ0v) is 9.00. The van der Waals surface area contributed by atoms with Crippen LogP contribution in [0, 0.1) is 11.3 Å². The van der Waals surface area contributed by atoms with Gasteiger partial charge in [0.2, 0.25) is 0 Å². The van der Waals surface area contributed by atoms with Gasteiger partial charge in [0.05, 0.1) is 17.6 Å². The number of rotatable bonds is 0. The lowest BCUT2D eigenvalue weighted by molar-refractivity contribution is -0.169. The Balaban J connectivity index is 2.06. The summed E-state index contributed by atoms with van der Waals surface area (Å²) in [6.07, 6.45) is 6.42. The molecule has 3 rings (SSSR count). The van der Waals surface area contributed by atoms with E-state index in [-0.39, 0.29) is 5.97 Å². The topological polar surface area (TPSA) is 46.5 Å². The Morgan fingerprint density at radius 2 is 2.07 bits per heavy atom. The van der Waals surface area contributed by atoms with E-state index < -0.39 is 11.0 Å². The molecule has 3 atom stereocenters. The standard InChI is InChI=1S/C12H18O3/c13-10-12-6-2-5-11(12,14)7-4-9(12)3-1-8-15-10/h9,14H,1-8H2. The molecule has 3 heteroatoms. The summed E-state index contributed by atoms with van der Waals surface area (Å²) in [5, 5.41) is 10.6. The first-order valence-electron chi connectivity index (χ1n) is 6.09. The van der Waals surface area contributed by atoms with Gasteiger partial charge in [-0.05, 0) is 50.9 Å². The van der Waals surface area contributed by atoms with Gasteiger partial charge in [-0.1, -0.05) is 0 Å². The second-order valence-electron chi connectivity index (χ2n) is 5.37. The molecule has 3 aliphatic rings. The van der Waals surface area contributed by atoms with Crippen molar-refractivity contribution in [2.45, 2.75) is 50.5 Å². The molecule has 0 aromatic carbocycles. The number of cyclic esters (lactones) is 1. The maximum absolute atomic E-state index is 12.1. The third-order valence-corrected chi connectivity index (χ3v) is 4.89. The Bertz CT molecular complexity index is 299. The van der Waals surface area contributed by atoms with E-state index in [1.54, 1.807) is 0 Å². The summed E-state index contributed by atoms with van der Waals surface area (Å²) in [6.45, 7) is 0.549. The molecule has 3 unspecified atom stereocenters. The Hall–Kier alpha value is -0.570. The fourth-order valence-electron chi connectivity index (χ4n) is 4.18. The first-order chi connectivity index (χ1) is 7.19. The summed E-state index contributed by atoms with van der Waals surface area (Å²) >= 11 is 0. The van der Waals surface area contributed by atoms with Gasteiger partial charge in [0, 0.05) is 0 Å². The zero-order chi connectivity index (χ0) is 10.5. The van der Waals surface area contributed by atoms with Crippen LogP contribution in [-0.4, -0.2) is 23.3 Å². The van der Waals surface area contributed by atoms with Crippen LogP contribution in [-0.2, 0) is 9.53 Å². The van der Waals surface area contributed by atoms with Crippen LogP contribution >= 0.6 is 0 Å². The third-order valence-electron chi connectivity index (χ3n) is 4.89. The minimum atomic E-state index is -0.737.